The average molecular weight is 549 g/mol. The number of likely N-dealkylation sites (N-methyl/N-ethyl adjacent to an activating group) is 1. The van der Waals surface area contributed by atoms with E-state index in [1.54, 1.807) is 0 Å². The van der Waals surface area contributed by atoms with Crippen LogP contribution in [0.4, 0.5) is 0 Å². The summed E-state index contributed by atoms with van der Waals surface area (Å²) < 4.78 is 33.9. The van der Waals surface area contributed by atoms with Crippen molar-refractivity contribution in [2.75, 3.05) is 61.2 Å². The van der Waals surface area contributed by atoms with Gasteiger partial charge in [-0.15, -0.1) is 0 Å². The SMILES string of the molecule is CCCCC=CCCCCC=CCCCCCCCCOC[C@H](COC)OP(=O)(O)OCC[N+](C)(C)C. The molecule has 1 N–H and O–H groups in total. The molecule has 2 atom stereocenters. The maximum absolute atomic E-state index is 12.2. The number of hydrogen-bond acceptors (Lipinski definition) is 5. The summed E-state index contributed by atoms with van der Waals surface area (Å²) in [5, 5.41) is 0. The van der Waals surface area contributed by atoms with Crippen molar-refractivity contribution in [3.05, 3.63) is 24.3 Å². The number of ether oxygens (including phenoxy) is 2. The first-order valence-corrected chi connectivity index (χ1v) is 16.0. The minimum Gasteiger partial charge on any atom is -0.382 e. The van der Waals surface area contributed by atoms with Crippen molar-refractivity contribution in [1.82, 2.24) is 0 Å². The molecule has 0 aromatic carbocycles. The fraction of sp³-hybridized carbons (Fsp3) is 0.862. The molecule has 1 unspecified atom stereocenters. The van der Waals surface area contributed by atoms with Crippen LogP contribution >= 0.6 is 7.82 Å². The third-order valence-corrected chi connectivity index (χ3v) is 6.99. The molecule has 0 aromatic heterocycles. The number of methoxy groups -OCH3 is 1. The van der Waals surface area contributed by atoms with Gasteiger partial charge >= 0.3 is 7.82 Å². The maximum Gasteiger partial charge on any atom is 0.472 e. The molecule has 8 heteroatoms. The van der Waals surface area contributed by atoms with E-state index in [1.807, 2.05) is 21.1 Å². The van der Waals surface area contributed by atoms with Crippen molar-refractivity contribution in [3.8, 4) is 0 Å². The van der Waals surface area contributed by atoms with Crippen molar-refractivity contribution in [2.45, 2.75) is 103 Å². The largest absolute Gasteiger partial charge is 0.472 e. The highest BCUT2D eigenvalue weighted by Crippen LogP contribution is 2.44. The molecule has 0 saturated carbocycles. The van der Waals surface area contributed by atoms with Crippen LogP contribution < -0.4 is 0 Å². The van der Waals surface area contributed by atoms with E-state index in [0.717, 1.165) is 12.8 Å². The number of quaternary nitrogens is 1. The highest BCUT2D eigenvalue weighted by atomic mass is 31.2. The van der Waals surface area contributed by atoms with Gasteiger partial charge in [0, 0.05) is 13.7 Å². The van der Waals surface area contributed by atoms with E-state index < -0.39 is 13.9 Å². The number of allylic oxidation sites excluding steroid dienone is 4. The highest BCUT2D eigenvalue weighted by molar-refractivity contribution is 7.47. The number of hydrogen-bond donors (Lipinski definition) is 1. The van der Waals surface area contributed by atoms with Crippen LogP contribution in [0.15, 0.2) is 24.3 Å². The summed E-state index contributed by atoms with van der Waals surface area (Å²) in [4.78, 5) is 9.96. The number of unbranched alkanes of at least 4 members (excludes halogenated alkanes) is 11. The third-order valence-electron chi connectivity index (χ3n) is 5.91. The van der Waals surface area contributed by atoms with Crippen LogP contribution in [-0.4, -0.2) is 76.7 Å². The molecule has 0 saturated heterocycles. The lowest BCUT2D eigenvalue weighted by molar-refractivity contribution is -0.870. The Balaban J connectivity index is 3.65. The molecule has 0 aromatic rings. The number of rotatable bonds is 27. The van der Waals surface area contributed by atoms with Crippen molar-refractivity contribution >= 4 is 7.82 Å². The Hall–Kier alpha value is -0.530. The van der Waals surface area contributed by atoms with Gasteiger partial charge in [-0.3, -0.25) is 9.05 Å². The molecule has 0 aliphatic heterocycles. The quantitative estimate of drug-likeness (QED) is 0.0497. The molecule has 0 rings (SSSR count). The smallest absolute Gasteiger partial charge is 0.382 e. The van der Waals surface area contributed by atoms with E-state index in [2.05, 4.69) is 31.2 Å². The van der Waals surface area contributed by atoms with E-state index in [1.165, 1.54) is 84.2 Å². The minimum atomic E-state index is -4.14. The zero-order chi connectivity index (χ0) is 27.7. The second-order valence-corrected chi connectivity index (χ2v) is 12.3. The van der Waals surface area contributed by atoms with Crippen LogP contribution in [0.25, 0.3) is 0 Å². The lowest BCUT2D eigenvalue weighted by Gasteiger charge is -2.25. The van der Waals surface area contributed by atoms with Gasteiger partial charge in [0.15, 0.2) is 0 Å². The second kappa shape index (κ2) is 24.5. The average Bonchev–Trinajstić information content (AvgIpc) is 2.81. The summed E-state index contributed by atoms with van der Waals surface area (Å²) in [6, 6.07) is 0. The molecule has 0 bridgehead atoms. The van der Waals surface area contributed by atoms with Crippen molar-refractivity contribution < 1.29 is 32.5 Å². The molecule has 0 fully saturated rings. The lowest BCUT2D eigenvalue weighted by atomic mass is 10.1. The van der Waals surface area contributed by atoms with Crippen molar-refractivity contribution in [3.63, 3.8) is 0 Å². The fourth-order valence-electron chi connectivity index (χ4n) is 3.65. The maximum atomic E-state index is 12.2. The van der Waals surface area contributed by atoms with Gasteiger partial charge in [0.2, 0.25) is 0 Å². The molecule has 220 valence electrons. The summed E-state index contributed by atoms with van der Waals surface area (Å²) in [7, 11) is 3.36. The van der Waals surface area contributed by atoms with Gasteiger partial charge in [-0.1, -0.05) is 69.8 Å². The van der Waals surface area contributed by atoms with Crippen LogP contribution in [0.1, 0.15) is 96.8 Å². The summed E-state index contributed by atoms with van der Waals surface area (Å²) in [5.74, 6) is 0. The molecule has 37 heavy (non-hydrogen) atoms. The second-order valence-electron chi connectivity index (χ2n) is 10.9. The van der Waals surface area contributed by atoms with Gasteiger partial charge in [0.05, 0.1) is 34.4 Å². The zero-order valence-corrected chi connectivity index (χ0v) is 25.6. The first-order valence-electron chi connectivity index (χ1n) is 14.5. The molecular weight excluding hydrogens is 489 g/mol. The number of phosphoric acid groups is 1. The number of phosphoric ester groups is 1. The van der Waals surface area contributed by atoms with Crippen LogP contribution in [-0.2, 0) is 23.1 Å². The molecule has 0 aliphatic rings. The van der Waals surface area contributed by atoms with Crippen LogP contribution in [0.3, 0.4) is 0 Å². The summed E-state index contributed by atoms with van der Waals surface area (Å²) >= 11 is 0. The standard InChI is InChI=1S/C29H58NO6P/c1-6-7-8-9-10-11-12-13-14-15-16-17-18-19-20-21-22-23-25-34-28-29(27-33-5)36-37(31,32)35-26-24-30(2,3)4/h9-10,15-16,29H,6-8,11-14,17-28H2,1-5H3/p+1/t29-/m0/s1. The van der Waals surface area contributed by atoms with Gasteiger partial charge in [-0.2, -0.15) is 0 Å². The Bertz CT molecular complexity index is 606. The predicted octanol–water partition coefficient (Wildman–Crippen LogP) is 7.45. The Morgan fingerprint density at radius 2 is 1.27 bits per heavy atom. The summed E-state index contributed by atoms with van der Waals surface area (Å²) in [5.41, 5.74) is 0. The Morgan fingerprint density at radius 3 is 1.81 bits per heavy atom. The topological polar surface area (TPSA) is 74.2 Å². The molecule has 0 heterocycles. The van der Waals surface area contributed by atoms with Crippen molar-refractivity contribution in [2.24, 2.45) is 0 Å². The summed E-state index contributed by atoms with van der Waals surface area (Å²) in [6.45, 7) is 3.98. The zero-order valence-electron chi connectivity index (χ0n) is 24.7. The highest BCUT2D eigenvalue weighted by Gasteiger charge is 2.27. The van der Waals surface area contributed by atoms with E-state index in [-0.39, 0.29) is 19.8 Å². The van der Waals surface area contributed by atoms with Gasteiger partial charge in [-0.25, -0.2) is 4.57 Å². The van der Waals surface area contributed by atoms with Crippen LogP contribution in [0.2, 0.25) is 0 Å². The van der Waals surface area contributed by atoms with E-state index in [9.17, 15) is 9.46 Å². The van der Waals surface area contributed by atoms with Gasteiger partial charge in [0.25, 0.3) is 0 Å². The Labute approximate surface area is 228 Å². The Kier molecular flexibility index (Phi) is 24.2. The Morgan fingerprint density at radius 1 is 0.757 bits per heavy atom. The van der Waals surface area contributed by atoms with Crippen molar-refractivity contribution in [1.29, 1.82) is 0 Å². The minimum absolute atomic E-state index is 0.144. The predicted molar refractivity (Wildman–Crippen MR) is 155 cm³/mol. The third kappa shape index (κ3) is 28.3. The van der Waals surface area contributed by atoms with Gasteiger partial charge < -0.3 is 18.9 Å². The first-order chi connectivity index (χ1) is 17.7. The molecule has 0 radical (unpaired) electrons. The van der Waals surface area contributed by atoms with Crippen LogP contribution in [0.5, 0.6) is 0 Å². The summed E-state index contributed by atoms with van der Waals surface area (Å²) in [6.07, 6.45) is 25.9. The van der Waals surface area contributed by atoms with E-state index in [4.69, 9.17) is 18.5 Å². The number of nitrogens with zero attached hydrogens (tertiary/aromatic N) is 1. The van der Waals surface area contributed by atoms with E-state index in [0.29, 0.717) is 17.6 Å². The molecule has 0 aliphatic carbocycles. The molecule has 0 spiro atoms. The van der Waals surface area contributed by atoms with E-state index >= 15 is 0 Å². The van der Waals surface area contributed by atoms with Gasteiger partial charge in [0.1, 0.15) is 19.3 Å². The first kappa shape index (κ1) is 36.5. The molecule has 0 amide bonds. The molecular formula is C29H59NO6P+. The van der Waals surface area contributed by atoms with Crippen LogP contribution in [0, 0.1) is 0 Å². The normalized spacial score (nSPS) is 15.1. The van der Waals surface area contributed by atoms with Gasteiger partial charge in [-0.05, 0) is 51.4 Å². The lowest BCUT2D eigenvalue weighted by Crippen LogP contribution is -2.37. The molecule has 7 nitrogen and oxygen atoms in total. The monoisotopic (exact) mass is 548 g/mol. The fourth-order valence-corrected chi connectivity index (χ4v) is 4.52.